The first-order chi connectivity index (χ1) is 10.3. The van der Waals surface area contributed by atoms with Crippen molar-refractivity contribution in [2.75, 3.05) is 13.7 Å². The Balaban J connectivity index is 1.49. The van der Waals surface area contributed by atoms with Crippen LogP contribution in [0.15, 0.2) is 28.7 Å². The third-order valence-electron chi connectivity index (χ3n) is 3.58. The molecule has 21 heavy (non-hydrogen) atoms. The molecule has 2 aromatic rings. The largest absolute Gasteiger partial charge is 0.497 e. The van der Waals surface area contributed by atoms with Crippen molar-refractivity contribution in [2.45, 2.75) is 38.1 Å². The molecule has 1 fully saturated rings. The lowest BCUT2D eigenvalue weighted by Crippen LogP contribution is -2.17. The molecule has 0 aliphatic heterocycles. The number of benzene rings is 1. The lowest BCUT2D eigenvalue weighted by molar-refractivity contribution is 0.414. The van der Waals surface area contributed by atoms with Gasteiger partial charge in [0.05, 0.1) is 13.5 Å². The van der Waals surface area contributed by atoms with Crippen LogP contribution in [0.4, 0.5) is 0 Å². The number of nitrogens with one attached hydrogen (secondary N) is 1. The number of hydrogen-bond acceptors (Lipinski definition) is 5. The van der Waals surface area contributed by atoms with Crippen LogP contribution in [0.25, 0.3) is 0 Å². The van der Waals surface area contributed by atoms with E-state index < -0.39 is 0 Å². The maximum Gasteiger partial charge on any atom is 0.220 e. The second-order valence-corrected chi connectivity index (χ2v) is 5.45. The number of ether oxygens (including phenoxy) is 1. The van der Waals surface area contributed by atoms with Crippen molar-refractivity contribution in [3.63, 3.8) is 0 Å². The van der Waals surface area contributed by atoms with Crippen molar-refractivity contribution in [2.24, 2.45) is 0 Å². The number of rotatable bonds is 8. The van der Waals surface area contributed by atoms with Gasteiger partial charge in [-0.25, -0.2) is 0 Å². The molecule has 1 N–H and O–H groups in total. The summed E-state index contributed by atoms with van der Waals surface area (Å²) in [5.41, 5.74) is 1.11. The highest BCUT2D eigenvalue weighted by Gasteiger charge is 2.19. The molecule has 3 rings (SSSR count). The van der Waals surface area contributed by atoms with Gasteiger partial charge < -0.3 is 14.5 Å². The number of nitrogens with zero attached hydrogens (tertiary/aromatic N) is 2. The van der Waals surface area contributed by atoms with Crippen LogP contribution < -0.4 is 10.1 Å². The molecular weight excluding hydrogens is 266 g/mol. The Morgan fingerprint density at radius 2 is 2.14 bits per heavy atom. The van der Waals surface area contributed by atoms with E-state index in [0.29, 0.717) is 12.3 Å². The van der Waals surface area contributed by atoms with Crippen LogP contribution in [0, 0.1) is 0 Å². The smallest absolute Gasteiger partial charge is 0.220 e. The zero-order valence-electron chi connectivity index (χ0n) is 12.3. The Morgan fingerprint density at radius 3 is 2.95 bits per heavy atom. The van der Waals surface area contributed by atoms with E-state index in [-0.39, 0.29) is 0 Å². The fourth-order valence-electron chi connectivity index (χ4n) is 2.25. The normalized spacial score (nSPS) is 14.3. The summed E-state index contributed by atoms with van der Waals surface area (Å²) in [5, 5.41) is 11.7. The van der Waals surface area contributed by atoms with Crippen molar-refractivity contribution < 1.29 is 9.15 Å². The predicted octanol–water partition coefficient (Wildman–Crippen LogP) is 2.35. The van der Waals surface area contributed by atoms with Crippen molar-refractivity contribution in [3.8, 4) is 5.75 Å². The minimum atomic E-state index is 0.643. The summed E-state index contributed by atoms with van der Waals surface area (Å²) in [4.78, 5) is 0. The Kier molecular flexibility index (Phi) is 4.50. The van der Waals surface area contributed by atoms with Gasteiger partial charge in [-0.2, -0.15) is 0 Å². The van der Waals surface area contributed by atoms with E-state index in [9.17, 15) is 0 Å². The summed E-state index contributed by atoms with van der Waals surface area (Å²) in [5.74, 6) is 2.23. The molecule has 5 heteroatoms. The van der Waals surface area contributed by atoms with Crippen LogP contribution in [-0.4, -0.2) is 29.9 Å². The lowest BCUT2D eigenvalue weighted by atomic mass is 10.1. The van der Waals surface area contributed by atoms with Gasteiger partial charge in [0.15, 0.2) is 0 Å². The zero-order chi connectivity index (χ0) is 14.5. The standard InChI is InChI=1S/C16H21N3O2/c1-20-14-5-2-4-12(10-14)11-16-19-18-15(21-16)6-3-9-17-13-7-8-13/h2,4-5,10,13,17H,3,6-9,11H2,1H3. The SMILES string of the molecule is COc1cccc(Cc2nnc(CCCNC3CC3)o2)c1. The summed E-state index contributed by atoms with van der Waals surface area (Å²) in [6, 6.07) is 8.68. The zero-order valence-corrected chi connectivity index (χ0v) is 12.3. The average Bonchev–Trinajstić information content (AvgIpc) is 3.23. The minimum Gasteiger partial charge on any atom is -0.497 e. The van der Waals surface area contributed by atoms with Gasteiger partial charge in [-0.05, 0) is 43.5 Å². The van der Waals surface area contributed by atoms with E-state index in [1.165, 1.54) is 12.8 Å². The summed E-state index contributed by atoms with van der Waals surface area (Å²) < 4.78 is 10.9. The number of aryl methyl sites for hydroxylation is 1. The van der Waals surface area contributed by atoms with Crippen LogP contribution in [0.5, 0.6) is 5.75 Å². The van der Waals surface area contributed by atoms with Gasteiger partial charge >= 0.3 is 0 Å². The van der Waals surface area contributed by atoms with E-state index in [0.717, 1.165) is 42.6 Å². The Labute approximate surface area is 124 Å². The third-order valence-corrected chi connectivity index (χ3v) is 3.58. The molecule has 112 valence electrons. The molecule has 1 aromatic heterocycles. The second-order valence-electron chi connectivity index (χ2n) is 5.45. The molecule has 0 bridgehead atoms. The van der Waals surface area contributed by atoms with E-state index in [1.54, 1.807) is 7.11 Å². The first-order valence-corrected chi connectivity index (χ1v) is 7.51. The molecule has 0 saturated heterocycles. The number of aromatic nitrogens is 2. The van der Waals surface area contributed by atoms with Crippen LogP contribution in [0.1, 0.15) is 36.6 Å². The van der Waals surface area contributed by atoms with E-state index in [2.05, 4.69) is 15.5 Å². The molecule has 0 radical (unpaired) electrons. The molecule has 0 spiro atoms. The van der Waals surface area contributed by atoms with E-state index in [4.69, 9.17) is 9.15 Å². The molecule has 1 aliphatic carbocycles. The second kappa shape index (κ2) is 6.72. The van der Waals surface area contributed by atoms with Gasteiger partial charge in [0.2, 0.25) is 11.8 Å². The molecule has 0 atom stereocenters. The van der Waals surface area contributed by atoms with Gasteiger partial charge in [0.25, 0.3) is 0 Å². The van der Waals surface area contributed by atoms with Crippen molar-refractivity contribution >= 4 is 0 Å². The highest BCUT2D eigenvalue weighted by molar-refractivity contribution is 5.29. The predicted molar refractivity (Wildman–Crippen MR) is 79.4 cm³/mol. The quantitative estimate of drug-likeness (QED) is 0.755. The molecular formula is C16H21N3O2. The van der Waals surface area contributed by atoms with Crippen molar-refractivity contribution in [3.05, 3.63) is 41.6 Å². The molecule has 1 aliphatic rings. The molecule has 1 aromatic carbocycles. The Bertz CT molecular complexity index is 578. The van der Waals surface area contributed by atoms with Gasteiger partial charge in [-0.15, -0.1) is 10.2 Å². The fourth-order valence-corrected chi connectivity index (χ4v) is 2.25. The van der Waals surface area contributed by atoms with Crippen molar-refractivity contribution in [1.29, 1.82) is 0 Å². The van der Waals surface area contributed by atoms with Crippen LogP contribution in [0.3, 0.4) is 0 Å². The summed E-state index contributed by atoms with van der Waals surface area (Å²) >= 11 is 0. The first-order valence-electron chi connectivity index (χ1n) is 7.51. The molecule has 1 heterocycles. The number of hydrogen-bond donors (Lipinski definition) is 1. The summed E-state index contributed by atoms with van der Waals surface area (Å²) in [6.07, 6.45) is 5.17. The monoisotopic (exact) mass is 287 g/mol. The maximum atomic E-state index is 5.69. The van der Waals surface area contributed by atoms with Gasteiger partial charge in [-0.3, -0.25) is 0 Å². The molecule has 0 unspecified atom stereocenters. The topological polar surface area (TPSA) is 60.2 Å². The molecule has 0 amide bonds. The molecule has 5 nitrogen and oxygen atoms in total. The van der Waals surface area contributed by atoms with Crippen LogP contribution in [-0.2, 0) is 12.8 Å². The maximum absolute atomic E-state index is 5.69. The van der Waals surface area contributed by atoms with Gasteiger partial charge in [0.1, 0.15) is 5.75 Å². The highest BCUT2D eigenvalue weighted by atomic mass is 16.5. The number of methoxy groups -OCH3 is 1. The highest BCUT2D eigenvalue weighted by Crippen LogP contribution is 2.18. The fraction of sp³-hybridized carbons (Fsp3) is 0.500. The van der Waals surface area contributed by atoms with Crippen LogP contribution >= 0.6 is 0 Å². The lowest BCUT2D eigenvalue weighted by Gasteiger charge is -2.01. The summed E-state index contributed by atoms with van der Waals surface area (Å²) in [7, 11) is 1.67. The Morgan fingerprint density at radius 1 is 1.29 bits per heavy atom. The van der Waals surface area contributed by atoms with Gasteiger partial charge in [-0.1, -0.05) is 12.1 Å². The minimum absolute atomic E-state index is 0.643. The Hall–Kier alpha value is -1.88. The van der Waals surface area contributed by atoms with E-state index in [1.807, 2.05) is 24.3 Å². The van der Waals surface area contributed by atoms with Gasteiger partial charge in [0, 0.05) is 12.5 Å². The summed E-state index contributed by atoms with van der Waals surface area (Å²) in [6.45, 7) is 1.03. The average molecular weight is 287 g/mol. The molecule has 1 saturated carbocycles. The third kappa shape index (κ3) is 4.29. The first kappa shape index (κ1) is 14.1. The van der Waals surface area contributed by atoms with Crippen LogP contribution in [0.2, 0.25) is 0 Å². The van der Waals surface area contributed by atoms with E-state index >= 15 is 0 Å². The van der Waals surface area contributed by atoms with Crippen molar-refractivity contribution in [1.82, 2.24) is 15.5 Å².